The quantitative estimate of drug-likeness (QED) is 0.164. The standard InChI is InChI=1S/C26H49N2O2/c1-3-5-7-9-11-13-15-17-22-29-25-24-26(28-21-19-20-27(25)28)30-23-18-16-14-12-10-8-6-4-2/h24H,3-23H2,1-2H3/q+1. The number of nitrogens with zero attached hydrogens (tertiary/aromatic N) is 2. The van der Waals surface area contributed by atoms with Gasteiger partial charge in [-0.25, -0.2) is 0 Å². The Morgan fingerprint density at radius 3 is 1.77 bits per heavy atom. The van der Waals surface area contributed by atoms with Crippen LogP contribution in [-0.2, 0) is 13.1 Å². The first-order chi connectivity index (χ1) is 14.9. The predicted octanol–water partition coefficient (Wildman–Crippen LogP) is 7.22. The molecule has 174 valence electrons. The molecule has 2 heterocycles. The maximum atomic E-state index is 6.13. The Labute approximate surface area is 186 Å². The van der Waals surface area contributed by atoms with Crippen LogP contribution in [-0.4, -0.2) is 17.9 Å². The first kappa shape index (κ1) is 25.1. The van der Waals surface area contributed by atoms with Crippen molar-refractivity contribution in [2.45, 2.75) is 136 Å². The van der Waals surface area contributed by atoms with E-state index in [1.165, 1.54) is 96.3 Å². The third kappa shape index (κ3) is 9.75. The van der Waals surface area contributed by atoms with Crippen molar-refractivity contribution in [2.24, 2.45) is 0 Å². The molecule has 0 radical (unpaired) electrons. The summed E-state index contributed by atoms with van der Waals surface area (Å²) in [5.41, 5.74) is 0. The zero-order valence-corrected chi connectivity index (χ0v) is 20.1. The number of hydrogen-bond donors (Lipinski definition) is 0. The molecule has 0 amide bonds. The lowest BCUT2D eigenvalue weighted by atomic mass is 10.1. The van der Waals surface area contributed by atoms with Gasteiger partial charge in [0.1, 0.15) is 6.07 Å². The number of fused-ring (bicyclic) bond motifs is 1. The molecular formula is C26H49N2O2+. The van der Waals surface area contributed by atoms with Crippen LogP contribution in [0.2, 0.25) is 0 Å². The summed E-state index contributed by atoms with van der Waals surface area (Å²) in [7, 11) is 0. The summed E-state index contributed by atoms with van der Waals surface area (Å²) in [5.74, 6) is 2.00. The van der Waals surface area contributed by atoms with E-state index >= 15 is 0 Å². The second kappa shape index (κ2) is 16.5. The fourth-order valence-corrected chi connectivity index (χ4v) is 4.38. The lowest BCUT2D eigenvalue weighted by molar-refractivity contribution is -0.761. The van der Waals surface area contributed by atoms with Gasteiger partial charge in [0.2, 0.25) is 0 Å². The molecule has 4 nitrogen and oxygen atoms in total. The number of rotatable bonds is 20. The van der Waals surface area contributed by atoms with Gasteiger partial charge in [0.25, 0.3) is 5.88 Å². The zero-order valence-electron chi connectivity index (χ0n) is 20.1. The van der Waals surface area contributed by atoms with Gasteiger partial charge in [-0.15, -0.1) is 4.68 Å². The van der Waals surface area contributed by atoms with E-state index in [-0.39, 0.29) is 0 Å². The molecule has 2 rings (SSSR count). The molecule has 0 saturated heterocycles. The Morgan fingerprint density at radius 2 is 1.20 bits per heavy atom. The molecule has 0 bridgehead atoms. The van der Waals surface area contributed by atoms with Gasteiger partial charge in [0, 0.05) is 6.42 Å². The van der Waals surface area contributed by atoms with Crippen molar-refractivity contribution in [1.82, 2.24) is 4.68 Å². The van der Waals surface area contributed by atoms with Crippen molar-refractivity contribution in [3.8, 4) is 11.8 Å². The third-order valence-electron chi connectivity index (χ3n) is 6.28. The number of unbranched alkanes of at least 4 members (excludes halogenated alkanes) is 14. The lowest BCUT2D eigenvalue weighted by Gasteiger charge is -2.04. The van der Waals surface area contributed by atoms with E-state index in [1.54, 1.807) is 0 Å². The molecule has 1 aromatic heterocycles. The minimum Gasteiger partial charge on any atom is -0.475 e. The maximum Gasteiger partial charge on any atom is 0.397 e. The normalized spacial score (nSPS) is 13.0. The van der Waals surface area contributed by atoms with Crippen LogP contribution >= 0.6 is 0 Å². The summed E-state index contributed by atoms with van der Waals surface area (Å²) in [4.78, 5) is 0. The Morgan fingerprint density at radius 1 is 0.700 bits per heavy atom. The van der Waals surface area contributed by atoms with Crippen molar-refractivity contribution in [3.63, 3.8) is 0 Å². The van der Waals surface area contributed by atoms with Crippen molar-refractivity contribution in [1.29, 1.82) is 0 Å². The van der Waals surface area contributed by atoms with Gasteiger partial charge in [-0.1, -0.05) is 108 Å². The fraction of sp³-hybridized carbons (Fsp3) is 0.885. The van der Waals surface area contributed by atoms with Crippen LogP contribution in [0.4, 0.5) is 0 Å². The van der Waals surface area contributed by atoms with E-state index in [1.807, 2.05) is 0 Å². The Balaban J connectivity index is 1.57. The molecule has 30 heavy (non-hydrogen) atoms. The molecule has 0 atom stereocenters. The molecule has 0 aliphatic carbocycles. The summed E-state index contributed by atoms with van der Waals surface area (Å²) < 4.78 is 16.8. The average Bonchev–Trinajstić information content (AvgIpc) is 3.35. The largest absolute Gasteiger partial charge is 0.475 e. The van der Waals surface area contributed by atoms with E-state index in [4.69, 9.17) is 9.47 Å². The maximum absolute atomic E-state index is 6.13. The van der Waals surface area contributed by atoms with E-state index < -0.39 is 0 Å². The molecule has 0 aromatic carbocycles. The molecule has 0 N–H and O–H groups in total. The van der Waals surface area contributed by atoms with Crippen molar-refractivity contribution < 1.29 is 14.2 Å². The van der Waals surface area contributed by atoms with E-state index in [0.717, 1.165) is 50.9 Å². The minimum absolute atomic E-state index is 0.830. The summed E-state index contributed by atoms with van der Waals surface area (Å²) in [6, 6.07) is 2.12. The molecule has 0 spiro atoms. The van der Waals surface area contributed by atoms with Crippen LogP contribution in [0.25, 0.3) is 0 Å². The highest BCUT2D eigenvalue weighted by molar-refractivity contribution is 5.16. The van der Waals surface area contributed by atoms with Crippen LogP contribution in [0.3, 0.4) is 0 Å². The van der Waals surface area contributed by atoms with Crippen molar-refractivity contribution >= 4 is 0 Å². The van der Waals surface area contributed by atoms with Crippen LogP contribution < -0.4 is 14.2 Å². The Hall–Kier alpha value is -1.19. The third-order valence-corrected chi connectivity index (χ3v) is 6.28. The molecule has 4 heteroatoms. The topological polar surface area (TPSA) is 27.3 Å². The Bertz CT molecular complexity index is 497. The monoisotopic (exact) mass is 421 g/mol. The number of hydrogen-bond acceptors (Lipinski definition) is 2. The second-order valence-corrected chi connectivity index (χ2v) is 9.07. The van der Waals surface area contributed by atoms with E-state index in [9.17, 15) is 0 Å². The molecule has 0 unspecified atom stereocenters. The van der Waals surface area contributed by atoms with Crippen LogP contribution in [0.1, 0.15) is 123 Å². The minimum atomic E-state index is 0.830. The molecule has 0 fully saturated rings. The van der Waals surface area contributed by atoms with E-state index in [0.29, 0.717) is 0 Å². The van der Waals surface area contributed by atoms with Crippen LogP contribution in [0, 0.1) is 0 Å². The summed E-state index contributed by atoms with van der Waals surface area (Å²) >= 11 is 0. The van der Waals surface area contributed by atoms with Gasteiger partial charge >= 0.3 is 5.88 Å². The zero-order chi connectivity index (χ0) is 21.3. The van der Waals surface area contributed by atoms with Gasteiger partial charge in [0.05, 0.1) is 19.8 Å². The predicted molar refractivity (Wildman–Crippen MR) is 125 cm³/mol. The summed E-state index contributed by atoms with van der Waals surface area (Å²) in [6.07, 6.45) is 22.6. The average molecular weight is 422 g/mol. The van der Waals surface area contributed by atoms with Crippen molar-refractivity contribution in [3.05, 3.63) is 6.07 Å². The van der Waals surface area contributed by atoms with Gasteiger partial charge in [-0.3, -0.25) is 0 Å². The molecule has 1 aliphatic heterocycles. The molecule has 0 saturated carbocycles. The second-order valence-electron chi connectivity index (χ2n) is 9.07. The van der Waals surface area contributed by atoms with Crippen LogP contribution in [0.5, 0.6) is 11.8 Å². The van der Waals surface area contributed by atoms with E-state index in [2.05, 4.69) is 29.3 Å². The smallest absolute Gasteiger partial charge is 0.397 e. The highest BCUT2D eigenvalue weighted by Crippen LogP contribution is 2.22. The van der Waals surface area contributed by atoms with Crippen molar-refractivity contribution in [2.75, 3.05) is 13.2 Å². The summed E-state index contributed by atoms with van der Waals surface area (Å²) in [6.45, 7) is 8.32. The molecular weight excluding hydrogens is 372 g/mol. The number of ether oxygens (including phenoxy) is 2. The highest BCUT2D eigenvalue weighted by Gasteiger charge is 2.29. The van der Waals surface area contributed by atoms with Crippen LogP contribution in [0.15, 0.2) is 6.07 Å². The Kier molecular flexibility index (Phi) is 13.8. The lowest BCUT2D eigenvalue weighted by Crippen LogP contribution is -2.38. The van der Waals surface area contributed by atoms with Gasteiger partial charge in [0.15, 0.2) is 6.54 Å². The number of aromatic nitrogens is 2. The summed E-state index contributed by atoms with van der Waals surface area (Å²) in [5, 5.41) is 0. The SMILES string of the molecule is CCCCCCCCCCOc1cc(OCCCCCCCCCC)[n+]2n1CCC2. The van der Waals surface area contributed by atoms with Gasteiger partial charge in [-0.05, 0) is 12.8 Å². The van der Waals surface area contributed by atoms with Gasteiger partial charge < -0.3 is 9.47 Å². The molecule has 1 aliphatic rings. The fourth-order valence-electron chi connectivity index (χ4n) is 4.38. The molecule has 1 aromatic rings. The first-order valence-corrected chi connectivity index (χ1v) is 13.3. The first-order valence-electron chi connectivity index (χ1n) is 13.3. The van der Waals surface area contributed by atoms with Gasteiger partial charge in [-0.2, -0.15) is 0 Å². The highest BCUT2D eigenvalue weighted by atomic mass is 16.5.